The number of aromatic nitrogens is 2. The van der Waals surface area contributed by atoms with Gasteiger partial charge in [-0.25, -0.2) is 14.4 Å². The van der Waals surface area contributed by atoms with Crippen molar-refractivity contribution in [3.8, 4) is 0 Å². The fourth-order valence-corrected chi connectivity index (χ4v) is 4.53. The zero-order valence-electron chi connectivity index (χ0n) is 15.9. The first-order valence-corrected chi connectivity index (χ1v) is 10.2. The number of likely N-dealkylation sites (N-methyl/N-ethyl adjacent to an activating group) is 1. The first-order chi connectivity index (χ1) is 13.9. The molecule has 1 aliphatic rings. The highest BCUT2D eigenvalue weighted by molar-refractivity contribution is 7.19. The third-order valence-corrected chi connectivity index (χ3v) is 5.99. The molecular formula is C20H19ClFN5OS. The Kier molecular flexibility index (Phi) is 5.49. The number of thiophene rings is 1. The molecule has 0 atom stereocenters. The number of anilines is 2. The Labute approximate surface area is 176 Å². The molecule has 0 saturated heterocycles. The number of amides is 1. The highest BCUT2D eigenvalue weighted by atomic mass is 35.5. The standard InChI is InChI=1S/C20H19ClFN5OS/c1-26(2)7-3-4-17(28)27-9-13-16(10-27)29-20-18(13)19(23-11-24-20)25-12-5-6-15(22)14(21)8-12/h3-6,8,11H,7,9-10H2,1-2H3,(H,23,24,25)/b4-3+. The van der Waals surface area contributed by atoms with Crippen molar-refractivity contribution in [1.29, 1.82) is 0 Å². The van der Waals surface area contributed by atoms with Crippen LogP contribution < -0.4 is 5.32 Å². The largest absolute Gasteiger partial charge is 0.340 e. The third-order valence-electron chi connectivity index (χ3n) is 4.58. The minimum atomic E-state index is -0.474. The van der Waals surface area contributed by atoms with E-state index in [9.17, 15) is 9.18 Å². The Morgan fingerprint density at radius 1 is 1.38 bits per heavy atom. The maximum Gasteiger partial charge on any atom is 0.246 e. The number of rotatable bonds is 5. The lowest BCUT2D eigenvalue weighted by molar-refractivity contribution is -0.126. The molecule has 29 heavy (non-hydrogen) atoms. The summed E-state index contributed by atoms with van der Waals surface area (Å²) in [5.41, 5.74) is 1.68. The summed E-state index contributed by atoms with van der Waals surface area (Å²) in [5.74, 6) is 0.130. The summed E-state index contributed by atoms with van der Waals surface area (Å²) in [7, 11) is 3.91. The number of benzene rings is 1. The van der Waals surface area contributed by atoms with Gasteiger partial charge < -0.3 is 15.1 Å². The number of nitrogens with one attached hydrogen (secondary N) is 1. The van der Waals surface area contributed by atoms with E-state index in [4.69, 9.17) is 11.6 Å². The van der Waals surface area contributed by atoms with Crippen LogP contribution in [0.4, 0.5) is 15.9 Å². The Balaban J connectivity index is 1.60. The van der Waals surface area contributed by atoms with Gasteiger partial charge in [-0.2, -0.15) is 0 Å². The highest BCUT2D eigenvalue weighted by Gasteiger charge is 2.28. The van der Waals surface area contributed by atoms with Crippen molar-refractivity contribution in [2.24, 2.45) is 0 Å². The average molecular weight is 432 g/mol. The van der Waals surface area contributed by atoms with Gasteiger partial charge in [0.15, 0.2) is 0 Å². The van der Waals surface area contributed by atoms with Crippen LogP contribution in [0.15, 0.2) is 36.7 Å². The van der Waals surface area contributed by atoms with E-state index in [0.717, 1.165) is 20.7 Å². The van der Waals surface area contributed by atoms with Crippen LogP contribution in [0.2, 0.25) is 5.02 Å². The zero-order chi connectivity index (χ0) is 20.5. The summed E-state index contributed by atoms with van der Waals surface area (Å²) in [4.78, 5) is 27.0. The van der Waals surface area contributed by atoms with E-state index in [1.54, 1.807) is 28.4 Å². The van der Waals surface area contributed by atoms with Gasteiger partial charge >= 0.3 is 0 Å². The molecule has 0 fully saturated rings. The molecule has 3 heterocycles. The van der Waals surface area contributed by atoms with E-state index in [1.807, 2.05) is 25.1 Å². The van der Waals surface area contributed by atoms with Crippen molar-refractivity contribution < 1.29 is 9.18 Å². The predicted octanol–water partition coefficient (Wildman–Crippen LogP) is 4.19. The second-order valence-corrected chi connectivity index (χ2v) is 8.51. The Bertz CT molecular complexity index is 1110. The number of halogens is 2. The second-order valence-electron chi connectivity index (χ2n) is 7.02. The van der Waals surface area contributed by atoms with E-state index < -0.39 is 5.82 Å². The molecule has 0 aliphatic carbocycles. The third kappa shape index (κ3) is 4.10. The molecule has 1 N–H and O–H groups in total. The van der Waals surface area contributed by atoms with Gasteiger partial charge in [0.1, 0.15) is 22.8 Å². The number of fused-ring (bicyclic) bond motifs is 3. The molecular weight excluding hydrogens is 413 g/mol. The summed E-state index contributed by atoms with van der Waals surface area (Å²) in [6.07, 6.45) is 4.98. The first kappa shape index (κ1) is 19.8. The van der Waals surface area contributed by atoms with Gasteiger partial charge in [0, 0.05) is 35.3 Å². The van der Waals surface area contributed by atoms with Crippen molar-refractivity contribution in [2.45, 2.75) is 13.1 Å². The van der Waals surface area contributed by atoms with Crippen LogP contribution in [-0.4, -0.2) is 46.3 Å². The molecule has 0 spiro atoms. The maximum absolute atomic E-state index is 13.4. The van der Waals surface area contributed by atoms with E-state index >= 15 is 0 Å². The number of carbonyl (C=O) groups excluding carboxylic acids is 1. The van der Waals surface area contributed by atoms with E-state index in [2.05, 4.69) is 15.3 Å². The molecule has 3 aromatic rings. The van der Waals surface area contributed by atoms with Gasteiger partial charge in [-0.1, -0.05) is 17.7 Å². The lowest BCUT2D eigenvalue weighted by atomic mass is 10.2. The first-order valence-electron chi connectivity index (χ1n) is 9.00. The fourth-order valence-electron chi connectivity index (χ4n) is 3.18. The Hall–Kier alpha value is -2.55. The van der Waals surface area contributed by atoms with E-state index in [1.165, 1.54) is 18.5 Å². The molecule has 6 nitrogen and oxygen atoms in total. The highest BCUT2D eigenvalue weighted by Crippen LogP contribution is 2.40. The molecule has 0 bridgehead atoms. The number of nitrogens with zero attached hydrogens (tertiary/aromatic N) is 4. The van der Waals surface area contributed by atoms with Crippen LogP contribution in [0, 0.1) is 5.82 Å². The van der Waals surface area contributed by atoms with Gasteiger partial charge in [0.05, 0.1) is 17.0 Å². The topological polar surface area (TPSA) is 61.4 Å². The maximum atomic E-state index is 13.4. The molecule has 1 amide bonds. The van der Waals surface area contributed by atoms with Gasteiger partial charge in [-0.05, 0) is 32.3 Å². The molecule has 1 aromatic carbocycles. The van der Waals surface area contributed by atoms with Crippen molar-refractivity contribution in [2.75, 3.05) is 26.0 Å². The quantitative estimate of drug-likeness (QED) is 0.614. The van der Waals surface area contributed by atoms with Gasteiger partial charge in [0.25, 0.3) is 0 Å². The van der Waals surface area contributed by atoms with Crippen LogP contribution in [-0.2, 0) is 17.9 Å². The fraction of sp³-hybridized carbons (Fsp3) is 0.250. The van der Waals surface area contributed by atoms with Crippen LogP contribution in [0.3, 0.4) is 0 Å². The lowest BCUT2D eigenvalue weighted by Crippen LogP contribution is -2.23. The molecule has 150 valence electrons. The van der Waals surface area contributed by atoms with Crippen molar-refractivity contribution >= 4 is 50.6 Å². The predicted molar refractivity (Wildman–Crippen MR) is 114 cm³/mol. The van der Waals surface area contributed by atoms with Gasteiger partial charge in [-0.3, -0.25) is 4.79 Å². The Morgan fingerprint density at radius 2 is 2.21 bits per heavy atom. The van der Waals surface area contributed by atoms with Crippen molar-refractivity contribution in [1.82, 2.24) is 19.8 Å². The molecule has 2 aromatic heterocycles. The average Bonchev–Trinajstić information content (AvgIpc) is 3.22. The second kappa shape index (κ2) is 8.06. The minimum absolute atomic E-state index is 0.0138. The molecule has 0 unspecified atom stereocenters. The zero-order valence-corrected chi connectivity index (χ0v) is 17.5. The Morgan fingerprint density at radius 3 is 2.97 bits per heavy atom. The van der Waals surface area contributed by atoms with E-state index in [0.29, 0.717) is 31.1 Å². The lowest BCUT2D eigenvalue weighted by Gasteiger charge is -2.14. The van der Waals surface area contributed by atoms with Crippen LogP contribution >= 0.6 is 22.9 Å². The van der Waals surface area contributed by atoms with Crippen LogP contribution in [0.1, 0.15) is 10.4 Å². The molecule has 0 saturated carbocycles. The monoisotopic (exact) mass is 431 g/mol. The molecule has 1 aliphatic heterocycles. The SMILES string of the molecule is CN(C)C/C=C/C(=O)N1Cc2sc3ncnc(Nc4ccc(F)c(Cl)c4)c3c2C1. The molecule has 4 rings (SSSR count). The number of hydrogen-bond donors (Lipinski definition) is 1. The van der Waals surface area contributed by atoms with Crippen molar-refractivity contribution in [3.05, 3.63) is 58.0 Å². The van der Waals surface area contributed by atoms with Crippen molar-refractivity contribution in [3.63, 3.8) is 0 Å². The van der Waals surface area contributed by atoms with Gasteiger partial charge in [-0.15, -0.1) is 11.3 Å². The van der Waals surface area contributed by atoms with E-state index in [-0.39, 0.29) is 10.9 Å². The normalized spacial score (nSPS) is 13.6. The van der Waals surface area contributed by atoms with Crippen LogP contribution in [0.25, 0.3) is 10.2 Å². The summed E-state index contributed by atoms with van der Waals surface area (Å²) >= 11 is 7.45. The summed E-state index contributed by atoms with van der Waals surface area (Å²) in [6.45, 7) is 1.78. The minimum Gasteiger partial charge on any atom is -0.340 e. The van der Waals surface area contributed by atoms with Gasteiger partial charge in [0.2, 0.25) is 5.91 Å². The summed E-state index contributed by atoms with van der Waals surface area (Å²) in [5, 5.41) is 4.13. The van der Waals surface area contributed by atoms with Crippen LogP contribution in [0.5, 0.6) is 0 Å². The molecule has 9 heteroatoms. The number of hydrogen-bond acceptors (Lipinski definition) is 6. The summed E-state index contributed by atoms with van der Waals surface area (Å²) < 4.78 is 13.4. The smallest absolute Gasteiger partial charge is 0.246 e. The molecule has 0 radical (unpaired) electrons. The summed E-state index contributed by atoms with van der Waals surface area (Å²) in [6, 6.07) is 4.43. The number of carbonyl (C=O) groups is 1.